The lowest BCUT2D eigenvalue weighted by Gasteiger charge is -2.10. The number of ether oxygens (including phenoxy) is 4. The smallest absolute Gasteiger partial charge is 0.250 e. The number of benzene rings is 2. The summed E-state index contributed by atoms with van der Waals surface area (Å²) in [6, 6.07) is 12.6. The Labute approximate surface area is 182 Å². The summed E-state index contributed by atoms with van der Waals surface area (Å²) in [7, 11) is 3.12. The van der Waals surface area contributed by atoms with Gasteiger partial charge in [0.2, 0.25) is 5.91 Å². The van der Waals surface area contributed by atoms with Gasteiger partial charge in [-0.1, -0.05) is 6.07 Å². The SMILES string of the molecule is CCOCCOc1ccc(NC(=S)NC(=O)/C=C/c2ccc(OC)c(OC)c2)cc1. The molecule has 2 rings (SSSR count). The highest BCUT2D eigenvalue weighted by molar-refractivity contribution is 7.80. The van der Waals surface area contributed by atoms with Crippen LogP contribution in [0, 0.1) is 0 Å². The van der Waals surface area contributed by atoms with Gasteiger partial charge in [0.15, 0.2) is 16.6 Å². The van der Waals surface area contributed by atoms with Crippen LogP contribution in [0.25, 0.3) is 6.08 Å². The van der Waals surface area contributed by atoms with E-state index in [0.29, 0.717) is 31.3 Å². The number of anilines is 1. The molecule has 160 valence electrons. The predicted molar refractivity (Wildman–Crippen MR) is 121 cm³/mol. The van der Waals surface area contributed by atoms with Crippen molar-refractivity contribution < 1.29 is 23.7 Å². The molecule has 2 aromatic rings. The maximum atomic E-state index is 12.1. The Kier molecular flexibility index (Phi) is 9.63. The minimum atomic E-state index is -0.349. The minimum Gasteiger partial charge on any atom is -0.493 e. The lowest BCUT2D eigenvalue weighted by molar-refractivity contribution is -0.115. The van der Waals surface area contributed by atoms with Gasteiger partial charge in [-0.2, -0.15) is 0 Å². The van der Waals surface area contributed by atoms with Crippen LogP contribution in [-0.4, -0.2) is 45.1 Å². The first-order valence-corrected chi connectivity index (χ1v) is 9.79. The summed E-state index contributed by atoms with van der Waals surface area (Å²) in [6.07, 6.45) is 3.05. The maximum Gasteiger partial charge on any atom is 0.250 e. The molecule has 0 aliphatic carbocycles. The molecule has 0 aliphatic heterocycles. The molecular weight excluding hydrogens is 404 g/mol. The standard InChI is InChI=1S/C22H26N2O5S/c1-4-28-13-14-29-18-9-7-17(8-10-18)23-22(30)24-21(25)12-6-16-5-11-19(26-2)20(15-16)27-3/h5-12,15H,4,13-14H2,1-3H3,(H2,23,24,25,30)/b12-6+. The van der Waals surface area contributed by atoms with Crippen LogP contribution in [0.2, 0.25) is 0 Å². The summed E-state index contributed by atoms with van der Waals surface area (Å²) in [5.74, 6) is 1.59. The fourth-order valence-corrected chi connectivity index (χ4v) is 2.66. The van der Waals surface area contributed by atoms with Crippen LogP contribution in [0.4, 0.5) is 5.69 Å². The van der Waals surface area contributed by atoms with Crippen molar-refractivity contribution in [1.82, 2.24) is 5.32 Å². The predicted octanol–water partition coefficient (Wildman–Crippen LogP) is 3.65. The zero-order valence-electron chi connectivity index (χ0n) is 17.3. The Morgan fingerprint density at radius 1 is 1.03 bits per heavy atom. The Balaban J connectivity index is 1.83. The molecule has 0 spiro atoms. The quantitative estimate of drug-likeness (QED) is 0.338. The van der Waals surface area contributed by atoms with E-state index in [1.807, 2.05) is 37.3 Å². The summed E-state index contributed by atoms with van der Waals surface area (Å²) in [5, 5.41) is 5.76. The topological polar surface area (TPSA) is 78.1 Å². The van der Waals surface area contributed by atoms with Crippen LogP contribution in [0.15, 0.2) is 48.5 Å². The molecule has 7 nitrogen and oxygen atoms in total. The first-order chi connectivity index (χ1) is 14.5. The van der Waals surface area contributed by atoms with Crippen LogP contribution in [0.5, 0.6) is 17.2 Å². The van der Waals surface area contributed by atoms with Crippen molar-refractivity contribution in [3.05, 3.63) is 54.1 Å². The van der Waals surface area contributed by atoms with Gasteiger partial charge in [0, 0.05) is 18.4 Å². The van der Waals surface area contributed by atoms with Crippen molar-refractivity contribution in [3.8, 4) is 17.2 Å². The number of thiocarbonyl (C=S) groups is 1. The van der Waals surface area contributed by atoms with Gasteiger partial charge in [0.1, 0.15) is 12.4 Å². The van der Waals surface area contributed by atoms with Gasteiger partial charge in [-0.25, -0.2) is 0 Å². The average molecular weight is 431 g/mol. The normalized spacial score (nSPS) is 10.5. The fraction of sp³-hybridized carbons (Fsp3) is 0.273. The van der Waals surface area contributed by atoms with E-state index in [4.69, 9.17) is 31.2 Å². The van der Waals surface area contributed by atoms with Gasteiger partial charge in [-0.05, 0) is 67.2 Å². The molecule has 0 unspecified atom stereocenters. The second-order valence-electron chi connectivity index (χ2n) is 5.96. The second kappa shape index (κ2) is 12.5. The highest BCUT2D eigenvalue weighted by atomic mass is 32.1. The molecule has 0 bridgehead atoms. The highest BCUT2D eigenvalue weighted by Crippen LogP contribution is 2.27. The van der Waals surface area contributed by atoms with Gasteiger partial charge in [0.05, 0.1) is 20.8 Å². The van der Waals surface area contributed by atoms with E-state index in [1.165, 1.54) is 6.08 Å². The molecular formula is C22H26N2O5S. The van der Waals surface area contributed by atoms with Crippen molar-refractivity contribution in [2.24, 2.45) is 0 Å². The van der Waals surface area contributed by atoms with Crippen LogP contribution < -0.4 is 24.8 Å². The van der Waals surface area contributed by atoms with Crippen LogP contribution in [0.3, 0.4) is 0 Å². The van der Waals surface area contributed by atoms with Gasteiger partial charge < -0.3 is 24.3 Å². The van der Waals surface area contributed by atoms with Crippen molar-refractivity contribution in [2.45, 2.75) is 6.92 Å². The molecule has 0 saturated carbocycles. The zero-order chi connectivity index (χ0) is 21.8. The largest absolute Gasteiger partial charge is 0.493 e. The third-order valence-electron chi connectivity index (χ3n) is 3.88. The number of hydrogen-bond acceptors (Lipinski definition) is 6. The van der Waals surface area contributed by atoms with E-state index >= 15 is 0 Å². The fourth-order valence-electron chi connectivity index (χ4n) is 2.44. The lowest BCUT2D eigenvalue weighted by atomic mass is 10.2. The molecule has 0 aromatic heterocycles. The third-order valence-corrected chi connectivity index (χ3v) is 4.09. The number of methoxy groups -OCH3 is 2. The van der Waals surface area contributed by atoms with E-state index in [0.717, 1.165) is 17.0 Å². The molecule has 2 aromatic carbocycles. The van der Waals surface area contributed by atoms with E-state index in [-0.39, 0.29) is 11.0 Å². The Hall–Kier alpha value is -3.10. The van der Waals surface area contributed by atoms with Crippen LogP contribution in [-0.2, 0) is 9.53 Å². The molecule has 0 fully saturated rings. The van der Waals surface area contributed by atoms with Crippen molar-refractivity contribution in [3.63, 3.8) is 0 Å². The number of rotatable bonds is 10. The summed E-state index contributed by atoms with van der Waals surface area (Å²) >= 11 is 5.19. The molecule has 0 heterocycles. The number of amides is 1. The van der Waals surface area contributed by atoms with Gasteiger partial charge in [-0.3, -0.25) is 10.1 Å². The van der Waals surface area contributed by atoms with Gasteiger partial charge in [-0.15, -0.1) is 0 Å². The molecule has 2 N–H and O–H groups in total. The first-order valence-electron chi connectivity index (χ1n) is 9.38. The van der Waals surface area contributed by atoms with Gasteiger partial charge in [0.25, 0.3) is 0 Å². The van der Waals surface area contributed by atoms with Crippen molar-refractivity contribution in [1.29, 1.82) is 0 Å². The number of carbonyl (C=O) groups excluding carboxylic acids is 1. The molecule has 0 atom stereocenters. The van der Waals surface area contributed by atoms with E-state index in [2.05, 4.69) is 10.6 Å². The summed E-state index contributed by atoms with van der Waals surface area (Å²) < 4.78 is 21.2. The molecule has 30 heavy (non-hydrogen) atoms. The Morgan fingerprint density at radius 2 is 1.77 bits per heavy atom. The van der Waals surface area contributed by atoms with Crippen molar-refractivity contribution in [2.75, 3.05) is 39.4 Å². The highest BCUT2D eigenvalue weighted by Gasteiger charge is 2.05. The number of hydrogen-bond donors (Lipinski definition) is 2. The lowest BCUT2D eigenvalue weighted by Crippen LogP contribution is -2.32. The Bertz CT molecular complexity index is 868. The average Bonchev–Trinajstić information content (AvgIpc) is 2.76. The monoisotopic (exact) mass is 430 g/mol. The molecule has 0 saturated heterocycles. The summed E-state index contributed by atoms with van der Waals surface area (Å²) in [4.78, 5) is 12.1. The van der Waals surface area contributed by atoms with E-state index in [1.54, 1.807) is 32.4 Å². The molecule has 1 amide bonds. The van der Waals surface area contributed by atoms with E-state index in [9.17, 15) is 4.79 Å². The van der Waals surface area contributed by atoms with Crippen LogP contribution in [0.1, 0.15) is 12.5 Å². The zero-order valence-corrected chi connectivity index (χ0v) is 18.1. The number of carbonyl (C=O) groups is 1. The Morgan fingerprint density at radius 3 is 2.43 bits per heavy atom. The summed E-state index contributed by atoms with van der Waals surface area (Å²) in [6.45, 7) is 3.64. The third kappa shape index (κ3) is 7.73. The number of nitrogens with one attached hydrogen (secondary N) is 2. The second-order valence-corrected chi connectivity index (χ2v) is 6.37. The molecule has 8 heteroatoms. The van der Waals surface area contributed by atoms with Gasteiger partial charge >= 0.3 is 0 Å². The minimum absolute atomic E-state index is 0.196. The summed E-state index contributed by atoms with van der Waals surface area (Å²) in [5.41, 5.74) is 1.53. The van der Waals surface area contributed by atoms with Crippen molar-refractivity contribution >= 4 is 35.0 Å². The molecule has 0 radical (unpaired) electrons. The van der Waals surface area contributed by atoms with E-state index < -0.39 is 0 Å². The molecule has 0 aliphatic rings. The maximum absolute atomic E-state index is 12.1. The van der Waals surface area contributed by atoms with Crippen LogP contribution >= 0.6 is 12.2 Å². The first kappa shape index (κ1) is 23.2.